The van der Waals surface area contributed by atoms with Crippen molar-refractivity contribution in [3.63, 3.8) is 0 Å². The van der Waals surface area contributed by atoms with Crippen LogP contribution in [0, 0.1) is 15.9 Å². The van der Waals surface area contributed by atoms with E-state index in [1.807, 2.05) is 0 Å². The summed E-state index contributed by atoms with van der Waals surface area (Å²) in [7, 11) is 0. The van der Waals surface area contributed by atoms with Crippen molar-refractivity contribution in [1.82, 2.24) is 4.90 Å². The highest BCUT2D eigenvalue weighted by Gasteiger charge is 2.57. The van der Waals surface area contributed by atoms with Gasteiger partial charge in [-0.1, -0.05) is 18.2 Å². The molecule has 2 atom stereocenters. The second-order valence-corrected chi connectivity index (χ2v) is 8.64. The Bertz CT molecular complexity index is 1100. The maximum absolute atomic E-state index is 13.4. The van der Waals surface area contributed by atoms with Crippen molar-refractivity contribution in [3.05, 3.63) is 70.0 Å². The van der Waals surface area contributed by atoms with Crippen molar-refractivity contribution in [2.45, 2.75) is 23.8 Å². The molecule has 2 fully saturated rings. The van der Waals surface area contributed by atoms with Crippen LogP contribution in [0.2, 0.25) is 0 Å². The van der Waals surface area contributed by atoms with Gasteiger partial charge in [-0.25, -0.2) is 9.18 Å². The fraction of sp³-hybridized carbons (Fsp3) is 0.286. The van der Waals surface area contributed by atoms with Crippen molar-refractivity contribution in [3.8, 4) is 0 Å². The number of non-ortho nitro benzene ring substituents is 1. The van der Waals surface area contributed by atoms with E-state index in [1.165, 1.54) is 53.1 Å². The minimum atomic E-state index is -0.870. The van der Waals surface area contributed by atoms with Crippen molar-refractivity contribution in [1.29, 1.82) is 0 Å². The van der Waals surface area contributed by atoms with Crippen LogP contribution in [0.4, 0.5) is 15.8 Å². The molecular formula is C21H18FN3O6S. The molecule has 2 aromatic rings. The minimum Gasteiger partial charge on any atom is -0.454 e. The average molecular weight is 459 g/mol. The number of benzene rings is 2. The van der Waals surface area contributed by atoms with Gasteiger partial charge in [-0.15, -0.1) is 11.8 Å². The number of ether oxygens (including phenoxy) is 1. The van der Waals surface area contributed by atoms with Gasteiger partial charge in [0.2, 0.25) is 5.91 Å². The molecule has 0 unspecified atom stereocenters. The number of amides is 2. The number of nitro groups is 1. The first-order valence-corrected chi connectivity index (χ1v) is 10.7. The molecule has 4 rings (SSSR count). The van der Waals surface area contributed by atoms with Crippen LogP contribution in [0.5, 0.6) is 0 Å². The number of nitrogens with one attached hydrogen (secondary N) is 1. The molecule has 0 spiro atoms. The highest BCUT2D eigenvalue weighted by molar-refractivity contribution is 8.00. The number of thioether (sulfide) groups is 1. The molecule has 2 saturated heterocycles. The van der Waals surface area contributed by atoms with Crippen LogP contribution in [-0.4, -0.2) is 46.0 Å². The summed E-state index contributed by atoms with van der Waals surface area (Å²) in [6, 6.07) is 10.3. The zero-order valence-electron chi connectivity index (χ0n) is 16.7. The molecule has 2 aromatic carbocycles. The van der Waals surface area contributed by atoms with Crippen molar-refractivity contribution < 1.29 is 28.4 Å². The number of anilines is 1. The Hall–Kier alpha value is -3.47. The van der Waals surface area contributed by atoms with E-state index < -0.39 is 40.1 Å². The maximum atomic E-state index is 13.4. The predicted octanol–water partition coefficient (Wildman–Crippen LogP) is 2.81. The summed E-state index contributed by atoms with van der Waals surface area (Å²) in [6.45, 7) is -0.603. The largest absolute Gasteiger partial charge is 0.454 e. The highest BCUT2D eigenvalue weighted by atomic mass is 32.2. The molecule has 32 heavy (non-hydrogen) atoms. The van der Waals surface area contributed by atoms with E-state index in [0.717, 1.165) is 5.56 Å². The first-order valence-electron chi connectivity index (χ1n) is 9.73. The Morgan fingerprint density at radius 1 is 1.28 bits per heavy atom. The quantitative estimate of drug-likeness (QED) is 0.401. The molecule has 0 bridgehead atoms. The van der Waals surface area contributed by atoms with Gasteiger partial charge in [-0.3, -0.25) is 19.7 Å². The summed E-state index contributed by atoms with van der Waals surface area (Å²) in [5.41, 5.74) is 0.739. The summed E-state index contributed by atoms with van der Waals surface area (Å²) in [4.78, 5) is 48.4. The molecule has 2 amide bonds. The standard InChI is InChI=1S/C21H18FN3O6S/c22-14-6-4-13(5-7-14)21-9-8-19(27)24(21)17(12-32-21)20(28)31-11-18(26)23-15-2-1-3-16(10-15)25(29)30/h1-7,10,17H,8-9,11-12H2,(H,23,26)/t17-,21+/m0/s1. The average Bonchev–Trinajstić information content (AvgIpc) is 3.32. The number of halogens is 1. The maximum Gasteiger partial charge on any atom is 0.330 e. The normalized spacial score (nSPS) is 21.8. The highest BCUT2D eigenvalue weighted by Crippen LogP contribution is 2.54. The summed E-state index contributed by atoms with van der Waals surface area (Å²) >= 11 is 1.42. The zero-order chi connectivity index (χ0) is 22.9. The fourth-order valence-corrected chi connectivity index (χ4v) is 5.59. The van der Waals surface area contributed by atoms with Gasteiger partial charge in [0, 0.05) is 30.0 Å². The van der Waals surface area contributed by atoms with Crippen LogP contribution < -0.4 is 5.32 Å². The van der Waals surface area contributed by atoms with Gasteiger partial charge in [0.25, 0.3) is 11.6 Å². The van der Waals surface area contributed by atoms with Crippen LogP contribution >= 0.6 is 11.8 Å². The Morgan fingerprint density at radius 3 is 2.75 bits per heavy atom. The molecule has 0 radical (unpaired) electrons. The smallest absolute Gasteiger partial charge is 0.330 e. The van der Waals surface area contributed by atoms with Crippen LogP contribution in [0.3, 0.4) is 0 Å². The molecule has 11 heteroatoms. The van der Waals surface area contributed by atoms with E-state index in [0.29, 0.717) is 6.42 Å². The van der Waals surface area contributed by atoms with E-state index in [9.17, 15) is 28.9 Å². The second-order valence-electron chi connectivity index (χ2n) is 7.35. The third kappa shape index (κ3) is 4.03. The number of rotatable bonds is 6. The van der Waals surface area contributed by atoms with E-state index in [2.05, 4.69) is 5.32 Å². The lowest BCUT2D eigenvalue weighted by Gasteiger charge is -2.33. The summed E-state index contributed by atoms with van der Waals surface area (Å²) < 4.78 is 18.5. The second kappa shape index (κ2) is 8.58. The van der Waals surface area contributed by atoms with Gasteiger partial charge < -0.3 is 15.0 Å². The fourth-order valence-electron chi connectivity index (χ4n) is 3.95. The van der Waals surface area contributed by atoms with Crippen LogP contribution in [0.15, 0.2) is 48.5 Å². The molecule has 0 saturated carbocycles. The lowest BCUT2D eigenvalue weighted by molar-refractivity contribution is -0.384. The number of fused-ring (bicyclic) bond motifs is 1. The Kier molecular flexibility index (Phi) is 5.83. The number of carbonyl (C=O) groups is 3. The summed E-state index contributed by atoms with van der Waals surface area (Å²) in [5.74, 6) is -1.70. The zero-order valence-corrected chi connectivity index (χ0v) is 17.5. The number of carbonyl (C=O) groups excluding carboxylic acids is 3. The van der Waals surface area contributed by atoms with E-state index >= 15 is 0 Å². The first-order chi connectivity index (χ1) is 15.3. The van der Waals surface area contributed by atoms with E-state index in [1.54, 1.807) is 12.1 Å². The minimum absolute atomic E-state index is 0.188. The van der Waals surface area contributed by atoms with Gasteiger partial charge in [0.15, 0.2) is 6.61 Å². The Labute approximate surface area is 186 Å². The monoisotopic (exact) mass is 459 g/mol. The van der Waals surface area contributed by atoms with Gasteiger partial charge >= 0.3 is 5.97 Å². The number of nitro benzene ring substituents is 1. The lowest BCUT2D eigenvalue weighted by Crippen LogP contribution is -2.47. The molecule has 9 nitrogen and oxygen atoms in total. The van der Waals surface area contributed by atoms with Crippen LogP contribution in [0.25, 0.3) is 0 Å². The number of nitrogens with zero attached hydrogens (tertiary/aromatic N) is 2. The van der Waals surface area contributed by atoms with Gasteiger partial charge in [-0.05, 0) is 30.2 Å². The molecule has 166 valence electrons. The summed E-state index contributed by atoms with van der Waals surface area (Å²) in [6.07, 6.45) is 0.737. The molecule has 1 N–H and O–H groups in total. The first kappa shape index (κ1) is 21.8. The number of hydrogen-bond donors (Lipinski definition) is 1. The molecule has 2 aliphatic heterocycles. The SMILES string of the molecule is O=C(COC(=O)[C@@H]1CS[C@@]2(c3ccc(F)cc3)CCC(=O)N12)Nc1cccc([N+](=O)[O-])c1. The molecular weight excluding hydrogens is 441 g/mol. The predicted molar refractivity (Wildman–Crippen MR) is 113 cm³/mol. The molecule has 2 aliphatic rings. The molecule has 2 heterocycles. The Morgan fingerprint density at radius 2 is 2.03 bits per heavy atom. The molecule has 0 aliphatic carbocycles. The van der Waals surface area contributed by atoms with Crippen LogP contribution in [0.1, 0.15) is 18.4 Å². The van der Waals surface area contributed by atoms with Crippen molar-refractivity contribution >= 4 is 40.9 Å². The molecule has 0 aromatic heterocycles. The number of hydrogen-bond acceptors (Lipinski definition) is 7. The Balaban J connectivity index is 1.41. The summed E-state index contributed by atoms with van der Waals surface area (Å²) in [5, 5.41) is 13.3. The van der Waals surface area contributed by atoms with Crippen molar-refractivity contribution in [2.75, 3.05) is 17.7 Å². The topological polar surface area (TPSA) is 119 Å². The number of esters is 1. The van der Waals surface area contributed by atoms with E-state index in [4.69, 9.17) is 4.74 Å². The third-order valence-corrected chi connectivity index (χ3v) is 6.98. The van der Waals surface area contributed by atoms with Gasteiger partial charge in [0.05, 0.1) is 4.92 Å². The van der Waals surface area contributed by atoms with Gasteiger partial charge in [0.1, 0.15) is 16.7 Å². The van der Waals surface area contributed by atoms with Crippen molar-refractivity contribution in [2.24, 2.45) is 0 Å². The van der Waals surface area contributed by atoms with E-state index in [-0.39, 0.29) is 29.5 Å². The van der Waals surface area contributed by atoms with Crippen LogP contribution in [-0.2, 0) is 24.0 Å². The third-order valence-electron chi connectivity index (χ3n) is 5.38. The van der Waals surface area contributed by atoms with Gasteiger partial charge in [-0.2, -0.15) is 0 Å². The lowest BCUT2D eigenvalue weighted by atomic mass is 10.0.